The van der Waals surface area contributed by atoms with Gasteiger partial charge in [0.15, 0.2) is 0 Å². The molecule has 5 heteroatoms. The van der Waals surface area contributed by atoms with Gasteiger partial charge in [-0.25, -0.2) is 0 Å². The van der Waals surface area contributed by atoms with Gasteiger partial charge in [-0.15, -0.1) is 0 Å². The van der Waals surface area contributed by atoms with Gasteiger partial charge in [0.05, 0.1) is 5.56 Å². The topological polar surface area (TPSA) is 95.6 Å². The van der Waals surface area contributed by atoms with E-state index in [0.29, 0.717) is 19.0 Å². The van der Waals surface area contributed by atoms with Crippen LogP contribution in [0.3, 0.4) is 0 Å². The van der Waals surface area contributed by atoms with Crippen molar-refractivity contribution in [1.82, 2.24) is 5.32 Å². The van der Waals surface area contributed by atoms with Crippen LogP contribution in [0.15, 0.2) is 18.2 Å². The Kier molecular flexibility index (Phi) is 5.45. The minimum absolute atomic E-state index is 0.0687. The predicted molar refractivity (Wildman–Crippen MR) is 69.6 cm³/mol. The molecule has 0 fully saturated rings. The fourth-order valence-corrected chi connectivity index (χ4v) is 1.58. The van der Waals surface area contributed by atoms with Gasteiger partial charge in [-0.1, -0.05) is 6.92 Å². The molecule has 1 aromatic carbocycles. The Morgan fingerprint density at radius 3 is 2.78 bits per heavy atom. The maximum Gasteiger partial charge on any atom is 0.255 e. The number of rotatable bonds is 6. The van der Waals surface area contributed by atoms with Crippen LogP contribution in [0.5, 0.6) is 11.5 Å². The van der Waals surface area contributed by atoms with Crippen LogP contribution in [0.1, 0.15) is 30.1 Å². The molecule has 0 aliphatic rings. The summed E-state index contributed by atoms with van der Waals surface area (Å²) in [5, 5.41) is 21.3. The lowest BCUT2D eigenvalue weighted by molar-refractivity contribution is 0.0950. The summed E-state index contributed by atoms with van der Waals surface area (Å²) in [5.41, 5.74) is 5.66. The van der Waals surface area contributed by atoms with Crippen molar-refractivity contribution in [2.75, 3.05) is 13.1 Å². The van der Waals surface area contributed by atoms with Crippen LogP contribution in [-0.2, 0) is 0 Å². The van der Waals surface area contributed by atoms with E-state index in [1.54, 1.807) is 0 Å². The zero-order valence-corrected chi connectivity index (χ0v) is 10.5. The largest absolute Gasteiger partial charge is 0.508 e. The molecule has 0 aromatic heterocycles. The molecule has 1 rings (SSSR count). The number of benzene rings is 1. The number of amides is 1. The highest BCUT2D eigenvalue weighted by molar-refractivity contribution is 5.96. The molecule has 0 heterocycles. The number of carbonyl (C=O) groups excluding carboxylic acids is 1. The SMILES string of the molecule is CC(CN)CCCNC(=O)c1ccc(O)cc1O. The van der Waals surface area contributed by atoms with Crippen LogP contribution in [0.4, 0.5) is 0 Å². The average Bonchev–Trinajstić information content (AvgIpc) is 2.34. The van der Waals surface area contributed by atoms with Crippen LogP contribution in [-0.4, -0.2) is 29.2 Å². The first-order valence-corrected chi connectivity index (χ1v) is 6.05. The molecular formula is C13H20N2O3. The molecule has 1 aromatic rings. The van der Waals surface area contributed by atoms with Crippen LogP contribution in [0, 0.1) is 5.92 Å². The van der Waals surface area contributed by atoms with Crippen molar-refractivity contribution in [2.24, 2.45) is 11.7 Å². The third-order valence-corrected chi connectivity index (χ3v) is 2.79. The second kappa shape index (κ2) is 6.86. The van der Waals surface area contributed by atoms with Crippen molar-refractivity contribution in [3.05, 3.63) is 23.8 Å². The Morgan fingerprint density at radius 1 is 1.44 bits per heavy atom. The van der Waals surface area contributed by atoms with E-state index in [1.807, 2.05) is 0 Å². The van der Waals surface area contributed by atoms with E-state index in [4.69, 9.17) is 10.8 Å². The van der Waals surface area contributed by atoms with E-state index in [1.165, 1.54) is 12.1 Å². The third-order valence-electron chi connectivity index (χ3n) is 2.79. The summed E-state index contributed by atoms with van der Waals surface area (Å²) in [4.78, 5) is 11.7. The van der Waals surface area contributed by atoms with Gasteiger partial charge in [-0.05, 0) is 37.4 Å². The van der Waals surface area contributed by atoms with E-state index in [-0.39, 0.29) is 23.0 Å². The van der Waals surface area contributed by atoms with Crippen LogP contribution in [0.25, 0.3) is 0 Å². The second-order valence-electron chi connectivity index (χ2n) is 4.44. The summed E-state index contributed by atoms with van der Waals surface area (Å²) in [6.07, 6.45) is 1.81. The molecule has 1 amide bonds. The van der Waals surface area contributed by atoms with Crippen molar-refractivity contribution >= 4 is 5.91 Å². The Balaban J connectivity index is 2.41. The van der Waals surface area contributed by atoms with E-state index >= 15 is 0 Å². The highest BCUT2D eigenvalue weighted by Crippen LogP contribution is 2.22. The molecule has 0 bridgehead atoms. The van der Waals surface area contributed by atoms with Gasteiger partial charge in [-0.2, -0.15) is 0 Å². The zero-order valence-electron chi connectivity index (χ0n) is 10.5. The first kappa shape index (κ1) is 14.3. The van der Waals surface area contributed by atoms with Gasteiger partial charge in [0.2, 0.25) is 0 Å². The zero-order chi connectivity index (χ0) is 13.5. The lowest BCUT2D eigenvalue weighted by Crippen LogP contribution is -2.25. The summed E-state index contributed by atoms with van der Waals surface area (Å²) in [6.45, 7) is 3.25. The Hall–Kier alpha value is -1.75. The van der Waals surface area contributed by atoms with Gasteiger partial charge >= 0.3 is 0 Å². The smallest absolute Gasteiger partial charge is 0.255 e. The fraction of sp³-hybridized carbons (Fsp3) is 0.462. The summed E-state index contributed by atoms with van der Waals surface area (Å²) < 4.78 is 0. The monoisotopic (exact) mass is 252 g/mol. The van der Waals surface area contributed by atoms with E-state index in [2.05, 4.69) is 12.2 Å². The highest BCUT2D eigenvalue weighted by atomic mass is 16.3. The molecule has 18 heavy (non-hydrogen) atoms. The van der Waals surface area contributed by atoms with Crippen LogP contribution in [0.2, 0.25) is 0 Å². The number of hydrogen-bond acceptors (Lipinski definition) is 4. The molecule has 1 atom stereocenters. The summed E-state index contributed by atoms with van der Waals surface area (Å²) in [6, 6.07) is 3.90. The number of phenolic OH excluding ortho intramolecular Hbond substituents is 2. The minimum Gasteiger partial charge on any atom is -0.508 e. The van der Waals surface area contributed by atoms with Gasteiger partial charge in [0, 0.05) is 12.6 Å². The second-order valence-corrected chi connectivity index (χ2v) is 4.44. The van der Waals surface area contributed by atoms with Gasteiger partial charge < -0.3 is 21.3 Å². The minimum atomic E-state index is -0.340. The Bertz CT molecular complexity index is 407. The van der Waals surface area contributed by atoms with E-state index in [9.17, 15) is 9.90 Å². The lowest BCUT2D eigenvalue weighted by Gasteiger charge is -2.09. The molecule has 0 aliphatic heterocycles. The molecule has 0 spiro atoms. The van der Waals surface area contributed by atoms with Crippen molar-refractivity contribution in [1.29, 1.82) is 0 Å². The van der Waals surface area contributed by atoms with Crippen LogP contribution >= 0.6 is 0 Å². The lowest BCUT2D eigenvalue weighted by atomic mass is 10.1. The fourth-order valence-electron chi connectivity index (χ4n) is 1.58. The normalized spacial score (nSPS) is 12.1. The number of hydrogen-bond donors (Lipinski definition) is 4. The molecular weight excluding hydrogens is 232 g/mol. The Morgan fingerprint density at radius 2 is 2.17 bits per heavy atom. The summed E-state index contributed by atoms with van der Waals surface area (Å²) in [5.74, 6) is -0.180. The summed E-state index contributed by atoms with van der Waals surface area (Å²) >= 11 is 0. The van der Waals surface area contributed by atoms with Crippen molar-refractivity contribution in [3.63, 3.8) is 0 Å². The van der Waals surface area contributed by atoms with Gasteiger partial charge in [0.1, 0.15) is 11.5 Å². The molecule has 0 saturated heterocycles. The molecule has 5 nitrogen and oxygen atoms in total. The standard InChI is InChI=1S/C13H20N2O3/c1-9(8-14)3-2-6-15-13(18)11-5-4-10(16)7-12(11)17/h4-5,7,9,16-17H,2-3,6,8,14H2,1H3,(H,15,18). The maximum absolute atomic E-state index is 11.7. The van der Waals surface area contributed by atoms with E-state index < -0.39 is 0 Å². The maximum atomic E-state index is 11.7. The van der Waals surface area contributed by atoms with Crippen molar-refractivity contribution < 1.29 is 15.0 Å². The molecule has 5 N–H and O–H groups in total. The molecule has 0 radical (unpaired) electrons. The van der Waals surface area contributed by atoms with E-state index in [0.717, 1.165) is 18.9 Å². The number of phenols is 2. The van der Waals surface area contributed by atoms with Crippen molar-refractivity contribution in [2.45, 2.75) is 19.8 Å². The number of nitrogens with two attached hydrogens (primary N) is 1. The van der Waals surface area contributed by atoms with Gasteiger partial charge in [-0.3, -0.25) is 4.79 Å². The number of nitrogens with one attached hydrogen (secondary N) is 1. The molecule has 0 aliphatic carbocycles. The quantitative estimate of drug-likeness (QED) is 0.572. The average molecular weight is 252 g/mol. The molecule has 100 valence electrons. The third kappa shape index (κ3) is 4.25. The number of carbonyl (C=O) groups is 1. The van der Waals surface area contributed by atoms with Crippen molar-refractivity contribution in [3.8, 4) is 11.5 Å². The van der Waals surface area contributed by atoms with Gasteiger partial charge in [0.25, 0.3) is 5.91 Å². The predicted octanol–water partition coefficient (Wildman–Crippen LogP) is 1.20. The molecule has 1 unspecified atom stereocenters. The number of aromatic hydroxyl groups is 2. The first-order valence-electron chi connectivity index (χ1n) is 6.05. The first-order chi connectivity index (χ1) is 8.54. The summed E-state index contributed by atoms with van der Waals surface area (Å²) in [7, 11) is 0. The molecule has 0 saturated carbocycles. The Labute approximate surface area is 107 Å². The van der Waals surface area contributed by atoms with Crippen LogP contribution < -0.4 is 11.1 Å². The highest BCUT2D eigenvalue weighted by Gasteiger charge is 2.10.